The van der Waals surface area contributed by atoms with Crippen LogP contribution < -0.4 is 10.1 Å². The molecule has 3 aromatic carbocycles. The maximum atomic E-state index is 6.17. The van der Waals surface area contributed by atoms with Crippen LogP contribution in [0.3, 0.4) is 0 Å². The van der Waals surface area contributed by atoms with Gasteiger partial charge >= 0.3 is 0 Å². The number of hydrogen-bond donors (Lipinski definition) is 1. The monoisotopic (exact) mass is 371 g/mol. The van der Waals surface area contributed by atoms with Crippen LogP contribution in [0.15, 0.2) is 66.7 Å². The van der Waals surface area contributed by atoms with Gasteiger partial charge in [-0.05, 0) is 48.4 Å². The molecule has 0 aromatic heterocycles. The molecule has 4 heteroatoms. The highest BCUT2D eigenvalue weighted by atomic mass is 35.5. The van der Waals surface area contributed by atoms with Crippen LogP contribution >= 0.6 is 23.2 Å². The number of halogens is 2. The van der Waals surface area contributed by atoms with Crippen molar-refractivity contribution in [2.45, 2.75) is 20.1 Å². The maximum Gasteiger partial charge on any atom is 0.120 e. The highest BCUT2D eigenvalue weighted by Gasteiger charge is 2.03. The van der Waals surface area contributed by atoms with E-state index in [1.807, 2.05) is 60.7 Å². The Morgan fingerprint density at radius 2 is 1.76 bits per heavy atom. The zero-order valence-electron chi connectivity index (χ0n) is 13.9. The van der Waals surface area contributed by atoms with E-state index in [2.05, 4.69) is 18.3 Å². The molecule has 3 aromatic rings. The Balaban J connectivity index is 1.63. The molecule has 0 spiro atoms. The first-order chi connectivity index (χ1) is 12.1. The summed E-state index contributed by atoms with van der Waals surface area (Å²) in [4.78, 5) is 0. The summed E-state index contributed by atoms with van der Waals surface area (Å²) in [6.07, 6.45) is 0. The summed E-state index contributed by atoms with van der Waals surface area (Å²) < 4.78 is 5.88. The van der Waals surface area contributed by atoms with Crippen LogP contribution in [0.4, 0.5) is 5.69 Å². The molecule has 0 amide bonds. The second-order valence-electron chi connectivity index (χ2n) is 5.84. The normalized spacial score (nSPS) is 10.5. The van der Waals surface area contributed by atoms with Gasteiger partial charge in [-0.25, -0.2) is 0 Å². The van der Waals surface area contributed by atoms with E-state index in [1.165, 1.54) is 0 Å². The molecule has 3 rings (SSSR count). The highest BCUT2D eigenvalue weighted by Crippen LogP contribution is 2.22. The van der Waals surface area contributed by atoms with Gasteiger partial charge in [0.15, 0.2) is 0 Å². The third-order valence-corrected chi connectivity index (χ3v) is 4.54. The summed E-state index contributed by atoms with van der Waals surface area (Å²) in [5.41, 5.74) is 4.31. The SMILES string of the molecule is Cc1ccc(Cl)cc1NCc1cccc(OCc2ccccc2Cl)c1. The van der Waals surface area contributed by atoms with Crippen LogP contribution in [0.1, 0.15) is 16.7 Å². The number of ether oxygens (including phenoxy) is 1. The number of rotatable bonds is 6. The van der Waals surface area contributed by atoms with Crippen LogP contribution in [-0.4, -0.2) is 0 Å². The molecule has 0 aliphatic carbocycles. The van der Waals surface area contributed by atoms with Gasteiger partial charge in [0.25, 0.3) is 0 Å². The summed E-state index contributed by atoms with van der Waals surface area (Å²) in [6, 6.07) is 21.6. The molecule has 0 aliphatic rings. The fourth-order valence-corrected chi connectivity index (χ4v) is 2.87. The van der Waals surface area contributed by atoms with E-state index < -0.39 is 0 Å². The zero-order valence-corrected chi connectivity index (χ0v) is 15.4. The molecule has 0 atom stereocenters. The quantitative estimate of drug-likeness (QED) is 0.534. The van der Waals surface area contributed by atoms with Gasteiger partial charge in [-0.2, -0.15) is 0 Å². The van der Waals surface area contributed by atoms with Crippen molar-refractivity contribution in [2.24, 2.45) is 0 Å². The van der Waals surface area contributed by atoms with E-state index in [1.54, 1.807) is 0 Å². The van der Waals surface area contributed by atoms with Crippen molar-refractivity contribution in [3.63, 3.8) is 0 Å². The van der Waals surface area contributed by atoms with Crippen LogP contribution in [0.25, 0.3) is 0 Å². The average Bonchev–Trinajstić information content (AvgIpc) is 2.62. The molecular formula is C21H19Cl2NO. The minimum Gasteiger partial charge on any atom is -0.489 e. The molecule has 25 heavy (non-hydrogen) atoms. The summed E-state index contributed by atoms with van der Waals surface area (Å²) in [6.45, 7) is 3.20. The van der Waals surface area contributed by atoms with Crippen molar-refractivity contribution in [1.82, 2.24) is 0 Å². The second kappa shape index (κ2) is 8.28. The van der Waals surface area contributed by atoms with Crippen LogP contribution in [0.2, 0.25) is 10.0 Å². The van der Waals surface area contributed by atoms with E-state index in [9.17, 15) is 0 Å². The van der Waals surface area contributed by atoms with E-state index in [-0.39, 0.29) is 0 Å². The number of anilines is 1. The molecule has 1 N–H and O–H groups in total. The first-order valence-electron chi connectivity index (χ1n) is 8.07. The molecule has 128 valence electrons. The lowest BCUT2D eigenvalue weighted by molar-refractivity contribution is 0.306. The molecule has 0 saturated carbocycles. The molecular weight excluding hydrogens is 353 g/mol. The largest absolute Gasteiger partial charge is 0.489 e. The number of hydrogen-bond acceptors (Lipinski definition) is 2. The van der Waals surface area contributed by atoms with Gasteiger partial charge in [-0.1, -0.05) is 59.6 Å². The van der Waals surface area contributed by atoms with Gasteiger partial charge in [0.05, 0.1) is 0 Å². The van der Waals surface area contributed by atoms with E-state index in [0.717, 1.165) is 38.2 Å². The topological polar surface area (TPSA) is 21.3 Å². The van der Waals surface area contributed by atoms with E-state index in [4.69, 9.17) is 27.9 Å². The van der Waals surface area contributed by atoms with E-state index >= 15 is 0 Å². The standard InChI is InChI=1S/C21H19Cl2NO/c1-15-9-10-18(22)12-21(15)24-13-16-5-4-7-19(11-16)25-14-17-6-2-3-8-20(17)23/h2-12,24H,13-14H2,1H3. The van der Waals surface area contributed by atoms with Crippen molar-refractivity contribution in [3.05, 3.63) is 93.5 Å². The minimum atomic E-state index is 0.448. The Morgan fingerprint density at radius 1 is 0.920 bits per heavy atom. The summed E-state index contributed by atoms with van der Waals surface area (Å²) in [5, 5.41) is 4.87. The van der Waals surface area contributed by atoms with Crippen molar-refractivity contribution < 1.29 is 4.74 Å². The first kappa shape index (κ1) is 17.7. The Morgan fingerprint density at radius 3 is 2.60 bits per heavy atom. The highest BCUT2D eigenvalue weighted by molar-refractivity contribution is 6.31. The molecule has 0 bridgehead atoms. The Labute approximate surface area is 158 Å². The molecule has 2 nitrogen and oxygen atoms in total. The fraction of sp³-hybridized carbons (Fsp3) is 0.143. The molecule has 0 heterocycles. The molecule has 0 unspecified atom stereocenters. The Kier molecular flexibility index (Phi) is 5.85. The van der Waals surface area contributed by atoms with Gasteiger partial charge in [0.1, 0.15) is 12.4 Å². The summed E-state index contributed by atoms with van der Waals surface area (Å²) in [5.74, 6) is 0.821. The molecule has 0 radical (unpaired) electrons. The lowest BCUT2D eigenvalue weighted by atomic mass is 10.1. The summed E-state index contributed by atoms with van der Waals surface area (Å²) in [7, 11) is 0. The molecule has 0 fully saturated rings. The predicted octanol–water partition coefficient (Wildman–Crippen LogP) is 6.49. The smallest absolute Gasteiger partial charge is 0.120 e. The van der Waals surface area contributed by atoms with Crippen molar-refractivity contribution >= 4 is 28.9 Å². The van der Waals surface area contributed by atoms with Crippen molar-refractivity contribution in [2.75, 3.05) is 5.32 Å². The maximum absolute atomic E-state index is 6.17. The van der Waals surface area contributed by atoms with E-state index in [0.29, 0.717) is 13.2 Å². The predicted molar refractivity (Wildman–Crippen MR) is 106 cm³/mol. The first-order valence-corrected chi connectivity index (χ1v) is 8.82. The van der Waals surface area contributed by atoms with Gasteiger partial charge in [0.2, 0.25) is 0 Å². The second-order valence-corrected chi connectivity index (χ2v) is 6.68. The number of nitrogens with one attached hydrogen (secondary N) is 1. The summed E-state index contributed by atoms with van der Waals surface area (Å²) >= 11 is 12.2. The average molecular weight is 372 g/mol. The number of aryl methyl sites for hydroxylation is 1. The van der Waals surface area contributed by atoms with Crippen LogP contribution in [0, 0.1) is 6.92 Å². The minimum absolute atomic E-state index is 0.448. The van der Waals surface area contributed by atoms with Gasteiger partial charge in [-0.15, -0.1) is 0 Å². The zero-order chi connectivity index (χ0) is 17.6. The van der Waals surface area contributed by atoms with Crippen LogP contribution in [-0.2, 0) is 13.2 Å². The fourth-order valence-electron chi connectivity index (χ4n) is 2.50. The van der Waals surface area contributed by atoms with Gasteiger partial charge < -0.3 is 10.1 Å². The molecule has 0 aliphatic heterocycles. The van der Waals surface area contributed by atoms with Crippen molar-refractivity contribution in [1.29, 1.82) is 0 Å². The molecule has 0 saturated heterocycles. The van der Waals surface area contributed by atoms with Crippen molar-refractivity contribution in [3.8, 4) is 5.75 Å². The van der Waals surface area contributed by atoms with Crippen LogP contribution in [0.5, 0.6) is 5.75 Å². The lowest BCUT2D eigenvalue weighted by Gasteiger charge is -2.12. The lowest BCUT2D eigenvalue weighted by Crippen LogP contribution is -2.02. The van der Waals surface area contributed by atoms with Gasteiger partial charge in [-0.3, -0.25) is 0 Å². The number of benzene rings is 3. The Hall–Kier alpha value is -2.16. The van der Waals surface area contributed by atoms with Gasteiger partial charge in [0, 0.05) is 27.8 Å². The third-order valence-electron chi connectivity index (χ3n) is 3.93. The third kappa shape index (κ3) is 4.91. The Bertz CT molecular complexity index is 864.